The topological polar surface area (TPSA) is 78.9 Å². The van der Waals surface area contributed by atoms with Gasteiger partial charge in [-0.25, -0.2) is 0 Å². The zero-order chi connectivity index (χ0) is 49.5. The molecule has 0 aliphatic rings. The van der Waals surface area contributed by atoms with Crippen LogP contribution in [0.5, 0.6) is 0 Å². The molecule has 0 rings (SSSR count). The molecule has 1 atom stereocenters. The summed E-state index contributed by atoms with van der Waals surface area (Å²) in [7, 11) is 0. The van der Waals surface area contributed by atoms with E-state index in [0.29, 0.717) is 19.3 Å². The van der Waals surface area contributed by atoms with E-state index >= 15 is 0 Å². The number of esters is 3. The number of hydrogen-bond acceptors (Lipinski definition) is 6. The molecule has 0 saturated heterocycles. The average Bonchev–Trinajstić information content (AvgIpc) is 3.32. The predicted octanol–water partition coefficient (Wildman–Crippen LogP) is 20.6. The van der Waals surface area contributed by atoms with Crippen molar-refractivity contribution in [1.82, 2.24) is 0 Å². The van der Waals surface area contributed by atoms with E-state index < -0.39 is 6.10 Å². The van der Waals surface area contributed by atoms with Crippen molar-refractivity contribution in [2.24, 2.45) is 5.92 Å². The second kappa shape index (κ2) is 56.3. The highest BCUT2D eigenvalue weighted by atomic mass is 16.6. The quantitative estimate of drug-likeness (QED) is 0.0343. The minimum atomic E-state index is -0.762. The molecule has 0 saturated carbocycles. The van der Waals surface area contributed by atoms with Gasteiger partial charge in [-0.1, -0.05) is 317 Å². The molecule has 0 aromatic carbocycles. The van der Waals surface area contributed by atoms with Crippen molar-refractivity contribution in [1.29, 1.82) is 0 Å². The van der Waals surface area contributed by atoms with Gasteiger partial charge in [0.15, 0.2) is 6.10 Å². The first-order valence-corrected chi connectivity index (χ1v) is 30.9. The van der Waals surface area contributed by atoms with Crippen molar-refractivity contribution < 1.29 is 28.6 Å². The number of hydrogen-bond donors (Lipinski definition) is 0. The molecule has 0 fully saturated rings. The number of carbonyl (C=O) groups is 3. The Morgan fingerprint density at radius 3 is 0.721 bits per heavy atom. The maximum absolute atomic E-state index is 12.9. The van der Waals surface area contributed by atoms with Gasteiger partial charge < -0.3 is 14.2 Å². The molecule has 0 N–H and O–H groups in total. The Bertz CT molecular complexity index is 1030. The molecule has 0 spiro atoms. The Balaban J connectivity index is 4.28. The second-order valence-electron chi connectivity index (χ2n) is 21.8. The van der Waals surface area contributed by atoms with Crippen molar-refractivity contribution in [3.05, 3.63) is 0 Å². The molecular weight excluding hydrogens is 841 g/mol. The van der Waals surface area contributed by atoms with Crippen LogP contribution in [0.4, 0.5) is 0 Å². The van der Waals surface area contributed by atoms with Gasteiger partial charge >= 0.3 is 17.9 Å². The zero-order valence-electron chi connectivity index (χ0n) is 46.6. The van der Waals surface area contributed by atoms with Gasteiger partial charge in [0.1, 0.15) is 13.2 Å². The zero-order valence-corrected chi connectivity index (χ0v) is 46.6. The molecule has 0 radical (unpaired) electrons. The molecule has 6 heteroatoms. The average molecular weight is 962 g/mol. The van der Waals surface area contributed by atoms with E-state index in [4.69, 9.17) is 14.2 Å². The molecule has 0 unspecified atom stereocenters. The Labute approximate surface area is 425 Å². The highest BCUT2D eigenvalue weighted by Gasteiger charge is 2.19. The van der Waals surface area contributed by atoms with Gasteiger partial charge in [-0.15, -0.1) is 0 Å². The minimum Gasteiger partial charge on any atom is -0.462 e. The van der Waals surface area contributed by atoms with Crippen LogP contribution in [0.2, 0.25) is 0 Å². The lowest BCUT2D eigenvalue weighted by molar-refractivity contribution is -0.167. The Kier molecular flexibility index (Phi) is 55.0. The van der Waals surface area contributed by atoms with Gasteiger partial charge in [0.05, 0.1) is 0 Å². The van der Waals surface area contributed by atoms with Crippen LogP contribution in [0.1, 0.15) is 355 Å². The maximum Gasteiger partial charge on any atom is 0.306 e. The van der Waals surface area contributed by atoms with Crippen molar-refractivity contribution in [2.45, 2.75) is 361 Å². The summed E-state index contributed by atoms with van der Waals surface area (Å²) in [5.74, 6) is 0.0226. The van der Waals surface area contributed by atoms with Crippen LogP contribution >= 0.6 is 0 Å². The number of carbonyl (C=O) groups excluding carboxylic acids is 3. The normalized spacial score (nSPS) is 12.0. The summed E-state index contributed by atoms with van der Waals surface area (Å²) in [6.45, 7) is 9.09. The lowest BCUT2D eigenvalue weighted by atomic mass is 10.0. The molecule has 0 heterocycles. The van der Waals surface area contributed by atoms with E-state index in [-0.39, 0.29) is 31.1 Å². The van der Waals surface area contributed by atoms with E-state index in [2.05, 4.69) is 27.7 Å². The standard InChI is InChI=1S/C62H120O6/c1-5-7-9-11-13-15-17-19-21-26-30-34-38-42-46-50-54-61(64)67-57-59(56-66-60(63)53-49-45-41-37-33-29-24-20-18-16-14-12-10-8-6-2)68-62(65)55-51-47-43-39-35-31-27-23-22-25-28-32-36-40-44-48-52-58(3)4/h58-59H,5-57H2,1-4H3/t59-/m0/s1. The molecule has 0 bridgehead atoms. The minimum absolute atomic E-state index is 0.0613. The molecule has 0 aliphatic heterocycles. The first-order chi connectivity index (χ1) is 33.4. The largest absolute Gasteiger partial charge is 0.462 e. The predicted molar refractivity (Wildman–Crippen MR) is 293 cm³/mol. The van der Waals surface area contributed by atoms with Crippen LogP contribution in [0.3, 0.4) is 0 Å². The fourth-order valence-corrected chi connectivity index (χ4v) is 9.63. The van der Waals surface area contributed by atoms with Gasteiger partial charge in [-0.2, -0.15) is 0 Å². The summed E-state index contributed by atoms with van der Waals surface area (Å²) in [5.41, 5.74) is 0. The maximum atomic E-state index is 12.9. The van der Waals surface area contributed by atoms with Gasteiger partial charge in [-0.3, -0.25) is 14.4 Å². The monoisotopic (exact) mass is 961 g/mol. The molecule has 0 amide bonds. The van der Waals surface area contributed by atoms with E-state index in [1.54, 1.807) is 0 Å². The summed E-state index contributed by atoms with van der Waals surface area (Å²) in [6.07, 6.45) is 62.4. The van der Waals surface area contributed by atoms with Crippen LogP contribution in [-0.2, 0) is 28.6 Å². The molecule has 0 aliphatic carbocycles. The fraction of sp³-hybridized carbons (Fsp3) is 0.952. The van der Waals surface area contributed by atoms with Crippen LogP contribution < -0.4 is 0 Å². The van der Waals surface area contributed by atoms with Crippen molar-refractivity contribution >= 4 is 17.9 Å². The molecule has 6 nitrogen and oxygen atoms in total. The van der Waals surface area contributed by atoms with E-state index in [1.165, 1.54) is 250 Å². The molecule has 68 heavy (non-hydrogen) atoms. The van der Waals surface area contributed by atoms with Gasteiger partial charge in [0.25, 0.3) is 0 Å². The number of rotatable bonds is 57. The van der Waals surface area contributed by atoms with Crippen molar-refractivity contribution in [2.75, 3.05) is 13.2 Å². The van der Waals surface area contributed by atoms with Crippen molar-refractivity contribution in [3.8, 4) is 0 Å². The van der Waals surface area contributed by atoms with E-state index in [9.17, 15) is 14.4 Å². The highest BCUT2D eigenvalue weighted by Crippen LogP contribution is 2.18. The fourth-order valence-electron chi connectivity index (χ4n) is 9.63. The Morgan fingerprint density at radius 1 is 0.279 bits per heavy atom. The number of unbranched alkanes of at least 4 members (excludes halogenated alkanes) is 44. The lowest BCUT2D eigenvalue weighted by Crippen LogP contribution is -2.30. The number of ether oxygens (including phenoxy) is 3. The van der Waals surface area contributed by atoms with E-state index in [0.717, 1.165) is 63.7 Å². The summed E-state index contributed by atoms with van der Waals surface area (Å²) >= 11 is 0. The third-order valence-electron chi connectivity index (χ3n) is 14.3. The summed E-state index contributed by atoms with van der Waals surface area (Å²) in [6, 6.07) is 0. The smallest absolute Gasteiger partial charge is 0.306 e. The second-order valence-corrected chi connectivity index (χ2v) is 21.8. The van der Waals surface area contributed by atoms with Crippen LogP contribution in [-0.4, -0.2) is 37.2 Å². The molecular formula is C62H120O6. The van der Waals surface area contributed by atoms with Crippen LogP contribution in [0, 0.1) is 5.92 Å². The van der Waals surface area contributed by atoms with E-state index in [1.807, 2.05) is 0 Å². The lowest BCUT2D eigenvalue weighted by Gasteiger charge is -2.18. The third-order valence-corrected chi connectivity index (χ3v) is 14.3. The molecule has 0 aromatic rings. The molecule has 0 aromatic heterocycles. The van der Waals surface area contributed by atoms with Gasteiger partial charge in [-0.05, 0) is 25.2 Å². The summed E-state index contributed by atoms with van der Waals surface area (Å²) < 4.78 is 16.9. The first kappa shape index (κ1) is 66.4. The highest BCUT2D eigenvalue weighted by molar-refractivity contribution is 5.71. The SMILES string of the molecule is CCCCCCCCCCCCCCCCCCC(=O)OC[C@H](COC(=O)CCCCCCCCCCCCCCCCC)OC(=O)CCCCCCCCCCCCCCCCCCC(C)C. The van der Waals surface area contributed by atoms with Gasteiger partial charge in [0.2, 0.25) is 0 Å². The first-order valence-electron chi connectivity index (χ1n) is 30.9. The molecule has 404 valence electrons. The summed E-state index contributed by atoms with van der Waals surface area (Å²) in [4.78, 5) is 38.2. The Morgan fingerprint density at radius 2 is 0.485 bits per heavy atom. The van der Waals surface area contributed by atoms with Crippen LogP contribution in [0.15, 0.2) is 0 Å². The van der Waals surface area contributed by atoms with Gasteiger partial charge in [0, 0.05) is 19.3 Å². The summed E-state index contributed by atoms with van der Waals surface area (Å²) in [5, 5.41) is 0. The third kappa shape index (κ3) is 55.3. The Hall–Kier alpha value is -1.59. The van der Waals surface area contributed by atoms with Crippen LogP contribution in [0.25, 0.3) is 0 Å². The van der Waals surface area contributed by atoms with Crippen molar-refractivity contribution in [3.63, 3.8) is 0 Å².